The third-order valence-electron chi connectivity index (χ3n) is 4.86. The maximum Gasteiger partial charge on any atom is 0.229 e. The summed E-state index contributed by atoms with van der Waals surface area (Å²) < 4.78 is 1.73. The second kappa shape index (κ2) is 8.12. The predicted molar refractivity (Wildman–Crippen MR) is 98.4 cm³/mol. The largest absolute Gasteiger partial charge is 0.339 e. The number of likely N-dealkylation sites (tertiary alicyclic amines) is 1. The molecule has 3 rings (SSSR count). The molecule has 0 saturated carbocycles. The molecule has 1 N–H and O–H groups in total. The van der Waals surface area contributed by atoms with Crippen LogP contribution in [-0.4, -0.2) is 44.1 Å². The lowest BCUT2D eigenvalue weighted by atomic mass is 10.1. The molecular formula is C19H25N5O2. The van der Waals surface area contributed by atoms with Crippen LogP contribution in [0.25, 0.3) is 0 Å². The molecule has 0 aliphatic carbocycles. The maximum absolute atomic E-state index is 12.5. The van der Waals surface area contributed by atoms with Crippen molar-refractivity contribution in [3.63, 3.8) is 0 Å². The lowest BCUT2D eigenvalue weighted by molar-refractivity contribution is -0.130. The van der Waals surface area contributed by atoms with Crippen LogP contribution in [0.3, 0.4) is 0 Å². The molecule has 0 radical (unpaired) electrons. The van der Waals surface area contributed by atoms with Crippen molar-refractivity contribution in [2.75, 3.05) is 11.9 Å². The van der Waals surface area contributed by atoms with E-state index in [1.54, 1.807) is 23.3 Å². The third-order valence-corrected chi connectivity index (χ3v) is 4.86. The minimum absolute atomic E-state index is 0.0738. The fourth-order valence-electron chi connectivity index (χ4n) is 3.41. The van der Waals surface area contributed by atoms with Crippen LogP contribution >= 0.6 is 0 Å². The van der Waals surface area contributed by atoms with Gasteiger partial charge < -0.3 is 10.2 Å². The number of nitrogens with one attached hydrogen (secondary N) is 1. The highest BCUT2D eigenvalue weighted by Crippen LogP contribution is 2.24. The van der Waals surface area contributed by atoms with Gasteiger partial charge in [-0.1, -0.05) is 19.9 Å². The summed E-state index contributed by atoms with van der Waals surface area (Å²) in [4.78, 5) is 30.9. The van der Waals surface area contributed by atoms with E-state index in [9.17, 15) is 9.59 Å². The Morgan fingerprint density at radius 2 is 2.15 bits per heavy atom. The van der Waals surface area contributed by atoms with E-state index in [4.69, 9.17) is 0 Å². The normalized spacial score (nSPS) is 17.1. The van der Waals surface area contributed by atoms with Crippen molar-refractivity contribution in [2.45, 2.75) is 45.7 Å². The average Bonchev–Trinajstić information content (AvgIpc) is 3.24. The maximum atomic E-state index is 12.5. The number of carbonyl (C=O) groups is 2. The minimum Gasteiger partial charge on any atom is -0.339 e. The molecule has 2 aromatic rings. The molecule has 1 aliphatic heterocycles. The molecule has 1 saturated heterocycles. The summed E-state index contributed by atoms with van der Waals surface area (Å²) in [6.07, 6.45) is 7.25. The molecule has 0 spiro atoms. The van der Waals surface area contributed by atoms with Gasteiger partial charge in [-0.2, -0.15) is 5.10 Å². The quantitative estimate of drug-likeness (QED) is 0.826. The van der Waals surface area contributed by atoms with Crippen molar-refractivity contribution in [1.29, 1.82) is 0 Å². The van der Waals surface area contributed by atoms with Crippen molar-refractivity contribution in [3.8, 4) is 0 Å². The van der Waals surface area contributed by atoms with Gasteiger partial charge in [0.05, 0.1) is 30.0 Å². The molecule has 1 unspecified atom stereocenters. The number of carbonyl (C=O) groups excluding carboxylic acids is 2. The molecule has 7 heteroatoms. The topological polar surface area (TPSA) is 80.1 Å². The van der Waals surface area contributed by atoms with Gasteiger partial charge in [-0.15, -0.1) is 0 Å². The summed E-state index contributed by atoms with van der Waals surface area (Å²) >= 11 is 0. The van der Waals surface area contributed by atoms with Crippen LogP contribution in [0, 0.1) is 5.92 Å². The summed E-state index contributed by atoms with van der Waals surface area (Å²) in [7, 11) is 0. The zero-order valence-electron chi connectivity index (χ0n) is 15.3. The molecule has 2 amide bonds. The van der Waals surface area contributed by atoms with Crippen LogP contribution in [0.5, 0.6) is 0 Å². The number of nitrogens with zero attached hydrogens (tertiary/aromatic N) is 4. The van der Waals surface area contributed by atoms with Crippen LogP contribution in [0.4, 0.5) is 5.69 Å². The number of hydrogen-bond acceptors (Lipinski definition) is 4. The van der Waals surface area contributed by atoms with Gasteiger partial charge in [-0.25, -0.2) is 0 Å². The van der Waals surface area contributed by atoms with Crippen molar-refractivity contribution < 1.29 is 9.59 Å². The fraction of sp³-hybridized carbons (Fsp3) is 0.474. The van der Waals surface area contributed by atoms with Crippen LogP contribution in [0.1, 0.15) is 38.8 Å². The van der Waals surface area contributed by atoms with Crippen molar-refractivity contribution in [3.05, 3.63) is 42.5 Å². The van der Waals surface area contributed by atoms with Crippen molar-refractivity contribution >= 4 is 17.5 Å². The number of amides is 2. The molecule has 0 aromatic carbocycles. The lowest BCUT2D eigenvalue weighted by Crippen LogP contribution is -2.36. The smallest absolute Gasteiger partial charge is 0.229 e. The second-order valence-electron chi connectivity index (χ2n) is 6.65. The summed E-state index contributed by atoms with van der Waals surface area (Å²) in [5, 5.41) is 7.14. The van der Waals surface area contributed by atoms with Gasteiger partial charge in [0.25, 0.3) is 0 Å². The highest BCUT2D eigenvalue weighted by atomic mass is 16.2. The average molecular weight is 355 g/mol. The van der Waals surface area contributed by atoms with Crippen molar-refractivity contribution in [2.24, 2.45) is 5.92 Å². The van der Waals surface area contributed by atoms with Gasteiger partial charge in [0, 0.05) is 31.4 Å². The predicted octanol–water partition coefficient (Wildman–Crippen LogP) is 2.30. The van der Waals surface area contributed by atoms with Gasteiger partial charge in [0.1, 0.15) is 0 Å². The molecule has 7 nitrogen and oxygen atoms in total. The van der Waals surface area contributed by atoms with E-state index in [2.05, 4.69) is 29.2 Å². The van der Waals surface area contributed by atoms with Crippen LogP contribution in [0.2, 0.25) is 0 Å². The zero-order chi connectivity index (χ0) is 18.5. The van der Waals surface area contributed by atoms with E-state index in [1.807, 2.05) is 23.1 Å². The fourth-order valence-corrected chi connectivity index (χ4v) is 3.41. The first-order valence-electron chi connectivity index (χ1n) is 9.13. The highest BCUT2D eigenvalue weighted by Gasteiger charge is 2.36. The Morgan fingerprint density at radius 3 is 2.85 bits per heavy atom. The van der Waals surface area contributed by atoms with E-state index < -0.39 is 0 Å². The Labute approximate surface area is 153 Å². The number of anilines is 1. The molecular weight excluding hydrogens is 330 g/mol. The first-order valence-corrected chi connectivity index (χ1v) is 9.13. The van der Waals surface area contributed by atoms with E-state index in [1.165, 1.54) is 0 Å². The van der Waals surface area contributed by atoms with E-state index in [-0.39, 0.29) is 30.2 Å². The SMILES string of the molecule is CCC(CC)N1CC(C(=O)Nc2cnn(Cc3ccccn3)c2)CC1=O. The van der Waals surface area contributed by atoms with E-state index >= 15 is 0 Å². The number of hydrogen-bond donors (Lipinski definition) is 1. The Morgan fingerprint density at radius 1 is 1.35 bits per heavy atom. The minimum atomic E-state index is -0.303. The van der Waals surface area contributed by atoms with Gasteiger partial charge in [-0.3, -0.25) is 19.3 Å². The molecule has 1 aliphatic rings. The Bertz CT molecular complexity index is 754. The lowest BCUT2D eigenvalue weighted by Gasteiger charge is -2.26. The zero-order valence-corrected chi connectivity index (χ0v) is 15.3. The monoisotopic (exact) mass is 355 g/mol. The van der Waals surface area contributed by atoms with E-state index in [0.717, 1.165) is 18.5 Å². The van der Waals surface area contributed by atoms with Crippen LogP contribution in [-0.2, 0) is 16.1 Å². The number of aromatic nitrogens is 3. The Balaban J connectivity index is 1.58. The van der Waals surface area contributed by atoms with Gasteiger partial charge in [-0.05, 0) is 25.0 Å². The summed E-state index contributed by atoms with van der Waals surface area (Å²) in [5.41, 5.74) is 1.54. The second-order valence-corrected chi connectivity index (χ2v) is 6.65. The van der Waals surface area contributed by atoms with Crippen molar-refractivity contribution in [1.82, 2.24) is 19.7 Å². The molecule has 3 heterocycles. The molecule has 26 heavy (non-hydrogen) atoms. The molecule has 138 valence electrons. The van der Waals surface area contributed by atoms with Crippen LogP contribution in [0.15, 0.2) is 36.8 Å². The number of pyridine rings is 1. The highest BCUT2D eigenvalue weighted by molar-refractivity contribution is 5.97. The molecule has 0 bridgehead atoms. The standard InChI is InChI=1S/C19H25N5O2/c1-3-17(4-2)24-11-14(9-18(24)25)19(26)22-16-10-21-23(13-16)12-15-7-5-6-8-20-15/h5-8,10,13-14,17H,3-4,9,11-12H2,1-2H3,(H,22,26). The first kappa shape index (κ1) is 18.1. The summed E-state index contributed by atoms with van der Waals surface area (Å²) in [6, 6.07) is 5.95. The third kappa shape index (κ3) is 4.09. The van der Waals surface area contributed by atoms with Crippen LogP contribution < -0.4 is 5.32 Å². The first-order chi connectivity index (χ1) is 12.6. The summed E-state index contributed by atoms with van der Waals surface area (Å²) in [5.74, 6) is -0.351. The van der Waals surface area contributed by atoms with Gasteiger partial charge in [0.2, 0.25) is 11.8 Å². The van der Waals surface area contributed by atoms with Gasteiger partial charge >= 0.3 is 0 Å². The molecule has 2 aromatic heterocycles. The number of rotatable bonds is 7. The van der Waals surface area contributed by atoms with E-state index in [0.29, 0.717) is 18.8 Å². The van der Waals surface area contributed by atoms with Gasteiger partial charge in [0.15, 0.2) is 0 Å². The Hall–Kier alpha value is -2.70. The molecule has 1 atom stereocenters. The molecule has 1 fully saturated rings. The Kier molecular flexibility index (Phi) is 5.65. The summed E-state index contributed by atoms with van der Waals surface area (Å²) in [6.45, 7) is 5.19.